The zero-order valence-corrected chi connectivity index (χ0v) is 12.9. The Balaban J connectivity index is 2.11. The van der Waals surface area contributed by atoms with Gasteiger partial charge in [-0.3, -0.25) is 0 Å². The fourth-order valence-corrected chi connectivity index (χ4v) is 3.89. The van der Waals surface area contributed by atoms with Crippen molar-refractivity contribution in [1.82, 2.24) is 0 Å². The standard InChI is InChI=1S/C13H12Br2S/c1-9-7-12(16-13(9)15)11(14)8-10-5-3-2-4-6-10/h2-7,11H,8H2,1H3. The van der Waals surface area contributed by atoms with Crippen LogP contribution in [0.3, 0.4) is 0 Å². The highest BCUT2D eigenvalue weighted by Crippen LogP contribution is 2.36. The van der Waals surface area contributed by atoms with Crippen LogP contribution in [0.25, 0.3) is 0 Å². The number of halogens is 2. The van der Waals surface area contributed by atoms with E-state index in [9.17, 15) is 0 Å². The molecule has 2 aromatic rings. The van der Waals surface area contributed by atoms with Gasteiger partial charge < -0.3 is 0 Å². The molecule has 0 saturated carbocycles. The summed E-state index contributed by atoms with van der Waals surface area (Å²) in [5, 5.41) is 0. The van der Waals surface area contributed by atoms with Gasteiger partial charge in [-0.1, -0.05) is 46.3 Å². The summed E-state index contributed by atoms with van der Waals surface area (Å²) in [6.07, 6.45) is 1.03. The van der Waals surface area contributed by atoms with Gasteiger partial charge in [0.15, 0.2) is 0 Å². The minimum absolute atomic E-state index is 0.407. The molecule has 0 fully saturated rings. The Morgan fingerprint density at radius 2 is 1.94 bits per heavy atom. The van der Waals surface area contributed by atoms with Crippen molar-refractivity contribution in [2.24, 2.45) is 0 Å². The normalized spacial score (nSPS) is 12.7. The Labute approximate surface area is 117 Å². The van der Waals surface area contributed by atoms with E-state index >= 15 is 0 Å². The van der Waals surface area contributed by atoms with Crippen LogP contribution >= 0.6 is 43.2 Å². The van der Waals surface area contributed by atoms with E-state index in [2.05, 4.69) is 75.2 Å². The predicted octanol–water partition coefficient (Wildman–Crippen LogP) is 5.50. The summed E-state index contributed by atoms with van der Waals surface area (Å²) in [5.41, 5.74) is 2.68. The number of rotatable bonds is 3. The van der Waals surface area contributed by atoms with Crippen LogP contribution in [0, 0.1) is 6.92 Å². The summed E-state index contributed by atoms with van der Waals surface area (Å²) in [6, 6.07) is 12.8. The Bertz CT molecular complexity index is 443. The zero-order chi connectivity index (χ0) is 11.5. The molecule has 1 atom stereocenters. The van der Waals surface area contributed by atoms with Gasteiger partial charge >= 0.3 is 0 Å². The highest BCUT2D eigenvalue weighted by molar-refractivity contribution is 9.11. The van der Waals surface area contributed by atoms with Gasteiger partial charge in [0.2, 0.25) is 0 Å². The molecular formula is C13H12Br2S. The number of benzene rings is 1. The van der Waals surface area contributed by atoms with E-state index in [0.717, 1.165) is 6.42 Å². The minimum Gasteiger partial charge on any atom is -0.132 e. The highest BCUT2D eigenvalue weighted by atomic mass is 79.9. The SMILES string of the molecule is Cc1cc(C(Br)Cc2ccccc2)sc1Br. The fraction of sp³-hybridized carbons (Fsp3) is 0.231. The Morgan fingerprint density at radius 1 is 1.25 bits per heavy atom. The number of thiophene rings is 1. The average molecular weight is 360 g/mol. The molecule has 0 N–H and O–H groups in total. The monoisotopic (exact) mass is 358 g/mol. The summed E-state index contributed by atoms with van der Waals surface area (Å²) >= 11 is 9.14. The molecule has 0 nitrogen and oxygen atoms in total. The first-order valence-corrected chi connectivity index (χ1v) is 7.63. The maximum Gasteiger partial charge on any atom is 0.0730 e. The van der Waals surface area contributed by atoms with Crippen LogP contribution in [0.2, 0.25) is 0 Å². The van der Waals surface area contributed by atoms with Crippen molar-refractivity contribution in [2.45, 2.75) is 18.2 Å². The summed E-state index contributed by atoms with van der Waals surface area (Å²) < 4.78 is 1.24. The van der Waals surface area contributed by atoms with Gasteiger partial charge in [0.05, 0.1) is 8.61 Å². The molecule has 0 aliphatic rings. The second-order valence-corrected chi connectivity index (χ2v) is 7.27. The molecule has 1 heterocycles. The molecule has 1 aromatic heterocycles. The van der Waals surface area contributed by atoms with E-state index in [4.69, 9.17) is 0 Å². The Hall–Kier alpha value is -0.120. The highest BCUT2D eigenvalue weighted by Gasteiger charge is 2.12. The van der Waals surface area contributed by atoms with Crippen LogP contribution in [-0.2, 0) is 6.42 Å². The number of hydrogen-bond donors (Lipinski definition) is 0. The van der Waals surface area contributed by atoms with Crippen LogP contribution in [0.1, 0.15) is 20.8 Å². The fourth-order valence-electron chi connectivity index (χ4n) is 1.56. The van der Waals surface area contributed by atoms with Crippen LogP contribution in [-0.4, -0.2) is 0 Å². The first kappa shape index (κ1) is 12.3. The lowest BCUT2D eigenvalue weighted by atomic mass is 10.1. The summed E-state index contributed by atoms with van der Waals surface area (Å²) in [7, 11) is 0. The van der Waals surface area contributed by atoms with Crippen molar-refractivity contribution in [3.8, 4) is 0 Å². The molecule has 84 valence electrons. The van der Waals surface area contributed by atoms with Crippen molar-refractivity contribution in [1.29, 1.82) is 0 Å². The molecule has 0 saturated heterocycles. The van der Waals surface area contributed by atoms with E-state index in [1.54, 1.807) is 0 Å². The van der Waals surface area contributed by atoms with Crippen LogP contribution in [0.5, 0.6) is 0 Å². The molecule has 1 aromatic carbocycles. The lowest BCUT2D eigenvalue weighted by Crippen LogP contribution is -1.92. The van der Waals surface area contributed by atoms with Gasteiger partial charge in [0, 0.05) is 4.88 Å². The predicted molar refractivity (Wildman–Crippen MR) is 78.6 cm³/mol. The molecular weight excluding hydrogens is 348 g/mol. The molecule has 16 heavy (non-hydrogen) atoms. The zero-order valence-electron chi connectivity index (χ0n) is 8.91. The maximum atomic E-state index is 3.76. The molecule has 0 aliphatic carbocycles. The smallest absolute Gasteiger partial charge is 0.0730 e. The van der Waals surface area contributed by atoms with Crippen LogP contribution in [0.15, 0.2) is 40.2 Å². The van der Waals surface area contributed by atoms with E-state index < -0.39 is 0 Å². The molecule has 1 unspecified atom stereocenters. The molecule has 0 amide bonds. The van der Waals surface area contributed by atoms with E-state index in [1.165, 1.54) is 19.8 Å². The third kappa shape index (κ3) is 2.96. The van der Waals surface area contributed by atoms with E-state index in [1.807, 2.05) is 11.3 Å². The lowest BCUT2D eigenvalue weighted by molar-refractivity contribution is 0.968. The van der Waals surface area contributed by atoms with Crippen molar-refractivity contribution in [3.05, 3.63) is 56.2 Å². The lowest BCUT2D eigenvalue weighted by Gasteiger charge is -2.07. The molecule has 0 radical (unpaired) electrons. The third-order valence-corrected chi connectivity index (χ3v) is 5.81. The first-order chi connectivity index (χ1) is 7.66. The van der Waals surface area contributed by atoms with Crippen molar-refractivity contribution in [2.75, 3.05) is 0 Å². The molecule has 0 aliphatic heterocycles. The third-order valence-electron chi connectivity index (χ3n) is 2.44. The van der Waals surface area contributed by atoms with Gasteiger partial charge in [-0.2, -0.15) is 0 Å². The van der Waals surface area contributed by atoms with E-state index in [0.29, 0.717) is 4.83 Å². The Kier molecular flexibility index (Phi) is 4.22. The number of hydrogen-bond acceptors (Lipinski definition) is 1. The quantitative estimate of drug-likeness (QED) is 0.635. The Morgan fingerprint density at radius 3 is 2.50 bits per heavy atom. The molecule has 0 bridgehead atoms. The molecule has 3 heteroatoms. The van der Waals surface area contributed by atoms with Gasteiger partial charge in [-0.25, -0.2) is 0 Å². The summed E-state index contributed by atoms with van der Waals surface area (Å²) in [6.45, 7) is 2.13. The summed E-state index contributed by atoms with van der Waals surface area (Å²) in [5.74, 6) is 0. The molecule has 2 rings (SSSR count). The molecule has 0 spiro atoms. The van der Waals surface area contributed by atoms with Gasteiger partial charge in [0.1, 0.15) is 0 Å². The van der Waals surface area contributed by atoms with Crippen molar-refractivity contribution in [3.63, 3.8) is 0 Å². The maximum absolute atomic E-state index is 3.76. The van der Waals surface area contributed by atoms with Gasteiger partial charge in [0.25, 0.3) is 0 Å². The average Bonchev–Trinajstić information content (AvgIpc) is 2.61. The van der Waals surface area contributed by atoms with Crippen LogP contribution < -0.4 is 0 Å². The van der Waals surface area contributed by atoms with Gasteiger partial charge in [-0.15, -0.1) is 11.3 Å². The first-order valence-electron chi connectivity index (χ1n) is 5.10. The van der Waals surface area contributed by atoms with Crippen molar-refractivity contribution >= 4 is 43.2 Å². The van der Waals surface area contributed by atoms with E-state index in [-0.39, 0.29) is 0 Å². The van der Waals surface area contributed by atoms with Gasteiger partial charge in [-0.05, 0) is 46.5 Å². The number of alkyl halides is 1. The topological polar surface area (TPSA) is 0 Å². The largest absolute Gasteiger partial charge is 0.132 e. The second kappa shape index (κ2) is 5.48. The second-order valence-electron chi connectivity index (χ2n) is 3.76. The van der Waals surface area contributed by atoms with Crippen LogP contribution in [0.4, 0.5) is 0 Å². The summed E-state index contributed by atoms with van der Waals surface area (Å²) in [4.78, 5) is 1.79. The van der Waals surface area contributed by atoms with Crippen molar-refractivity contribution < 1.29 is 0 Å². The number of aryl methyl sites for hydroxylation is 1. The minimum atomic E-state index is 0.407.